The van der Waals surface area contributed by atoms with Crippen molar-refractivity contribution in [1.82, 2.24) is 10.2 Å². The van der Waals surface area contributed by atoms with Gasteiger partial charge in [-0.3, -0.25) is 10.2 Å². The van der Waals surface area contributed by atoms with Gasteiger partial charge in [-0.25, -0.2) is 0 Å². The van der Waals surface area contributed by atoms with Gasteiger partial charge in [0.2, 0.25) is 0 Å². The Bertz CT molecular complexity index is 323. The van der Waals surface area contributed by atoms with Crippen molar-refractivity contribution >= 4 is 0 Å². The SMILES string of the molecule is CC(C#N)(CN(CC1CC1)C1CC1)NC1CC1. The van der Waals surface area contributed by atoms with E-state index >= 15 is 0 Å². The fourth-order valence-corrected chi connectivity index (χ4v) is 2.61. The van der Waals surface area contributed by atoms with Crippen molar-refractivity contribution in [2.24, 2.45) is 5.92 Å². The average Bonchev–Trinajstić information content (AvgIpc) is 3.13. The molecule has 0 radical (unpaired) electrons. The van der Waals surface area contributed by atoms with Crippen LogP contribution in [0.1, 0.15) is 45.4 Å². The fraction of sp³-hybridized carbons (Fsp3) is 0.929. The molecular weight excluding hydrogens is 210 g/mol. The Labute approximate surface area is 104 Å². The van der Waals surface area contributed by atoms with Gasteiger partial charge in [-0.2, -0.15) is 5.26 Å². The fourth-order valence-electron chi connectivity index (χ4n) is 2.61. The maximum absolute atomic E-state index is 9.42. The summed E-state index contributed by atoms with van der Waals surface area (Å²) in [6.45, 7) is 4.23. The van der Waals surface area contributed by atoms with Crippen LogP contribution in [0.25, 0.3) is 0 Å². The zero-order valence-corrected chi connectivity index (χ0v) is 10.8. The molecule has 0 bridgehead atoms. The summed E-state index contributed by atoms with van der Waals surface area (Å²) in [7, 11) is 0. The van der Waals surface area contributed by atoms with E-state index in [1.165, 1.54) is 45.1 Å². The standard InChI is InChI=1S/C14H23N3/c1-14(9-15,16-12-4-5-12)10-17(13-6-7-13)8-11-2-3-11/h11-13,16H,2-8,10H2,1H3. The summed E-state index contributed by atoms with van der Waals surface area (Å²) in [5.41, 5.74) is -0.335. The number of hydrogen-bond acceptors (Lipinski definition) is 3. The topological polar surface area (TPSA) is 39.1 Å². The lowest BCUT2D eigenvalue weighted by atomic mass is 10.0. The van der Waals surface area contributed by atoms with Crippen LogP contribution in [0.3, 0.4) is 0 Å². The minimum Gasteiger partial charge on any atom is -0.297 e. The van der Waals surface area contributed by atoms with E-state index in [1.807, 2.05) is 0 Å². The summed E-state index contributed by atoms with van der Waals surface area (Å²) in [6, 6.07) is 3.90. The smallest absolute Gasteiger partial charge is 0.116 e. The molecule has 1 atom stereocenters. The zero-order valence-electron chi connectivity index (χ0n) is 10.8. The number of nitriles is 1. The Morgan fingerprint density at radius 3 is 2.41 bits per heavy atom. The van der Waals surface area contributed by atoms with Crippen LogP contribution < -0.4 is 5.32 Å². The van der Waals surface area contributed by atoms with Gasteiger partial charge in [0, 0.05) is 25.2 Å². The third-order valence-corrected chi connectivity index (χ3v) is 4.12. The molecule has 0 aliphatic heterocycles. The molecule has 0 saturated heterocycles. The third-order valence-electron chi connectivity index (χ3n) is 4.12. The van der Waals surface area contributed by atoms with Crippen LogP contribution >= 0.6 is 0 Å². The first-order valence-corrected chi connectivity index (χ1v) is 7.11. The normalized spacial score (nSPS) is 27.8. The molecule has 0 aromatic rings. The molecule has 3 nitrogen and oxygen atoms in total. The van der Waals surface area contributed by atoms with Crippen molar-refractivity contribution in [2.45, 2.75) is 63.1 Å². The molecular formula is C14H23N3. The van der Waals surface area contributed by atoms with Crippen LogP contribution in [0.15, 0.2) is 0 Å². The summed E-state index contributed by atoms with van der Waals surface area (Å²) >= 11 is 0. The predicted molar refractivity (Wildman–Crippen MR) is 67.5 cm³/mol. The van der Waals surface area contributed by atoms with E-state index < -0.39 is 0 Å². The Morgan fingerprint density at radius 2 is 1.94 bits per heavy atom. The number of hydrogen-bond donors (Lipinski definition) is 1. The van der Waals surface area contributed by atoms with Gasteiger partial charge in [0.25, 0.3) is 0 Å². The Morgan fingerprint density at radius 1 is 1.24 bits per heavy atom. The quantitative estimate of drug-likeness (QED) is 0.730. The first-order valence-electron chi connectivity index (χ1n) is 7.11. The predicted octanol–water partition coefficient (Wildman–Crippen LogP) is 1.90. The summed E-state index contributed by atoms with van der Waals surface area (Å²) in [5.74, 6) is 0.930. The third kappa shape index (κ3) is 3.20. The molecule has 3 fully saturated rings. The van der Waals surface area contributed by atoms with Gasteiger partial charge < -0.3 is 0 Å². The molecule has 17 heavy (non-hydrogen) atoms. The van der Waals surface area contributed by atoms with Gasteiger partial charge in [0.05, 0.1) is 6.07 Å². The minimum absolute atomic E-state index is 0.335. The van der Waals surface area contributed by atoms with Crippen molar-refractivity contribution in [2.75, 3.05) is 13.1 Å². The van der Waals surface area contributed by atoms with E-state index in [-0.39, 0.29) is 5.54 Å². The van der Waals surface area contributed by atoms with Gasteiger partial charge in [-0.15, -0.1) is 0 Å². The van der Waals surface area contributed by atoms with Crippen molar-refractivity contribution in [3.05, 3.63) is 0 Å². The van der Waals surface area contributed by atoms with Crippen LogP contribution in [-0.2, 0) is 0 Å². The number of nitrogens with zero attached hydrogens (tertiary/aromatic N) is 2. The second-order valence-corrected chi connectivity index (χ2v) is 6.47. The number of nitrogens with one attached hydrogen (secondary N) is 1. The molecule has 3 aliphatic rings. The Hall–Kier alpha value is -0.590. The first kappa shape index (κ1) is 11.5. The highest BCUT2D eigenvalue weighted by atomic mass is 15.2. The minimum atomic E-state index is -0.335. The van der Waals surface area contributed by atoms with E-state index in [1.54, 1.807) is 0 Å². The lowest BCUT2D eigenvalue weighted by Gasteiger charge is -2.31. The van der Waals surface area contributed by atoms with Gasteiger partial charge in [-0.1, -0.05) is 0 Å². The van der Waals surface area contributed by atoms with Gasteiger partial charge in [0.15, 0.2) is 0 Å². The van der Waals surface area contributed by atoms with Crippen LogP contribution in [0.5, 0.6) is 0 Å². The molecule has 0 aromatic heterocycles. The monoisotopic (exact) mass is 233 g/mol. The molecule has 3 saturated carbocycles. The van der Waals surface area contributed by atoms with Crippen molar-refractivity contribution in [3.8, 4) is 6.07 Å². The van der Waals surface area contributed by atoms with E-state index in [0.29, 0.717) is 6.04 Å². The first-order chi connectivity index (χ1) is 8.18. The molecule has 0 aromatic carbocycles. The van der Waals surface area contributed by atoms with E-state index in [2.05, 4.69) is 23.2 Å². The van der Waals surface area contributed by atoms with Gasteiger partial charge >= 0.3 is 0 Å². The highest BCUT2D eigenvalue weighted by Gasteiger charge is 2.40. The zero-order chi connectivity index (χ0) is 11.9. The molecule has 1 unspecified atom stereocenters. The van der Waals surface area contributed by atoms with Crippen molar-refractivity contribution < 1.29 is 0 Å². The lowest BCUT2D eigenvalue weighted by Crippen LogP contribution is -2.52. The molecule has 3 rings (SSSR count). The highest BCUT2D eigenvalue weighted by Crippen LogP contribution is 2.35. The van der Waals surface area contributed by atoms with Gasteiger partial charge in [0.1, 0.15) is 5.54 Å². The molecule has 0 spiro atoms. The molecule has 0 heterocycles. The maximum atomic E-state index is 9.42. The second kappa shape index (κ2) is 4.26. The maximum Gasteiger partial charge on any atom is 0.116 e. The van der Waals surface area contributed by atoms with Crippen molar-refractivity contribution in [3.63, 3.8) is 0 Å². The van der Waals surface area contributed by atoms with Crippen molar-refractivity contribution in [1.29, 1.82) is 5.26 Å². The molecule has 94 valence electrons. The van der Waals surface area contributed by atoms with E-state index in [0.717, 1.165) is 18.5 Å². The number of rotatable bonds is 7. The van der Waals surface area contributed by atoms with Crippen LogP contribution in [-0.4, -0.2) is 35.6 Å². The van der Waals surface area contributed by atoms with E-state index in [4.69, 9.17) is 0 Å². The summed E-state index contributed by atoms with van der Waals surface area (Å²) in [5, 5.41) is 12.9. The summed E-state index contributed by atoms with van der Waals surface area (Å²) in [4.78, 5) is 2.58. The summed E-state index contributed by atoms with van der Waals surface area (Å²) in [6.07, 6.45) is 8.01. The van der Waals surface area contributed by atoms with E-state index in [9.17, 15) is 5.26 Å². The Balaban J connectivity index is 1.58. The molecule has 0 amide bonds. The molecule has 3 aliphatic carbocycles. The Kier molecular flexibility index (Phi) is 2.88. The van der Waals surface area contributed by atoms with Crippen LogP contribution in [0.2, 0.25) is 0 Å². The molecule has 3 heteroatoms. The van der Waals surface area contributed by atoms with Crippen LogP contribution in [0.4, 0.5) is 0 Å². The van der Waals surface area contributed by atoms with Crippen LogP contribution in [0, 0.1) is 17.2 Å². The second-order valence-electron chi connectivity index (χ2n) is 6.47. The summed E-state index contributed by atoms with van der Waals surface area (Å²) < 4.78 is 0. The molecule has 1 N–H and O–H groups in total. The van der Waals surface area contributed by atoms with Gasteiger partial charge in [-0.05, 0) is 51.4 Å². The highest BCUT2D eigenvalue weighted by molar-refractivity contribution is 5.10. The lowest BCUT2D eigenvalue weighted by molar-refractivity contribution is 0.202. The average molecular weight is 233 g/mol. The largest absolute Gasteiger partial charge is 0.297 e.